The lowest BCUT2D eigenvalue weighted by atomic mass is 10.2. The van der Waals surface area contributed by atoms with Crippen LogP contribution in [0.2, 0.25) is 0 Å². The standard InChI is InChI=1S/C9H16O2S/c1-2-3-4-5-6-7-11-9(10)8-12/h8H,2-7H2,1H3. The maximum absolute atomic E-state index is 10.5. The zero-order valence-electron chi connectivity index (χ0n) is 7.54. The Labute approximate surface area is 79.3 Å². The fourth-order valence-corrected chi connectivity index (χ4v) is 0.980. The molecule has 0 aliphatic heterocycles. The lowest BCUT2D eigenvalue weighted by Crippen LogP contribution is -2.05. The molecule has 0 saturated carbocycles. The number of hydrogen-bond donors (Lipinski definition) is 0. The maximum Gasteiger partial charge on any atom is 0.341 e. The predicted molar refractivity (Wildman–Crippen MR) is 53.4 cm³/mol. The van der Waals surface area contributed by atoms with E-state index in [9.17, 15) is 4.79 Å². The average Bonchev–Trinajstić information content (AvgIpc) is 2.10. The smallest absolute Gasteiger partial charge is 0.341 e. The van der Waals surface area contributed by atoms with E-state index in [1.54, 1.807) is 0 Å². The highest BCUT2D eigenvalue weighted by Gasteiger charge is 1.95. The summed E-state index contributed by atoms with van der Waals surface area (Å²) in [6.45, 7) is 2.68. The van der Waals surface area contributed by atoms with Crippen molar-refractivity contribution in [2.75, 3.05) is 6.61 Å². The van der Waals surface area contributed by atoms with Gasteiger partial charge in [0.05, 0.1) is 12.0 Å². The molecule has 0 spiro atoms. The first kappa shape index (κ1) is 11.6. The minimum absolute atomic E-state index is 0.388. The zero-order valence-corrected chi connectivity index (χ0v) is 8.36. The van der Waals surface area contributed by atoms with Gasteiger partial charge in [-0.25, -0.2) is 4.79 Å². The average molecular weight is 188 g/mol. The number of carbonyl (C=O) groups is 1. The van der Waals surface area contributed by atoms with Crippen molar-refractivity contribution in [3.05, 3.63) is 0 Å². The molecule has 0 radical (unpaired) electrons. The van der Waals surface area contributed by atoms with Gasteiger partial charge in [0.1, 0.15) is 0 Å². The van der Waals surface area contributed by atoms with Crippen LogP contribution in [0.3, 0.4) is 0 Å². The van der Waals surface area contributed by atoms with Crippen LogP contribution >= 0.6 is 12.2 Å². The molecule has 12 heavy (non-hydrogen) atoms. The third kappa shape index (κ3) is 7.66. The van der Waals surface area contributed by atoms with Gasteiger partial charge in [0.15, 0.2) is 0 Å². The Morgan fingerprint density at radius 1 is 1.33 bits per heavy atom. The molecule has 0 N–H and O–H groups in total. The predicted octanol–water partition coefficient (Wildman–Crippen LogP) is 2.50. The van der Waals surface area contributed by atoms with Gasteiger partial charge in [-0.15, -0.1) is 0 Å². The third-order valence-electron chi connectivity index (χ3n) is 1.59. The Bertz CT molecular complexity index is 134. The number of esters is 1. The van der Waals surface area contributed by atoms with Crippen LogP contribution in [0.25, 0.3) is 0 Å². The van der Waals surface area contributed by atoms with Crippen LogP contribution in [-0.4, -0.2) is 17.9 Å². The van der Waals surface area contributed by atoms with Crippen molar-refractivity contribution in [3.63, 3.8) is 0 Å². The molecule has 0 fully saturated rings. The summed E-state index contributed by atoms with van der Waals surface area (Å²) in [4.78, 5) is 10.5. The van der Waals surface area contributed by atoms with Gasteiger partial charge in [0.2, 0.25) is 0 Å². The highest BCUT2D eigenvalue weighted by atomic mass is 32.1. The van der Waals surface area contributed by atoms with Crippen LogP contribution in [0.4, 0.5) is 0 Å². The maximum atomic E-state index is 10.5. The molecule has 0 aromatic heterocycles. The summed E-state index contributed by atoms with van der Waals surface area (Å²) >= 11 is 4.39. The summed E-state index contributed by atoms with van der Waals surface area (Å²) in [6, 6.07) is 0. The molecule has 0 aliphatic carbocycles. The van der Waals surface area contributed by atoms with Crippen LogP contribution in [0.5, 0.6) is 0 Å². The third-order valence-corrected chi connectivity index (χ3v) is 1.78. The Morgan fingerprint density at radius 2 is 2.00 bits per heavy atom. The SMILES string of the molecule is CCCCCCCOC(=O)C=S. The van der Waals surface area contributed by atoms with Gasteiger partial charge in [0, 0.05) is 0 Å². The van der Waals surface area contributed by atoms with E-state index >= 15 is 0 Å². The summed E-state index contributed by atoms with van der Waals surface area (Å²) in [6.07, 6.45) is 5.82. The summed E-state index contributed by atoms with van der Waals surface area (Å²) in [5.74, 6) is -0.388. The number of carbonyl (C=O) groups excluding carboxylic acids is 1. The van der Waals surface area contributed by atoms with E-state index in [0.29, 0.717) is 6.61 Å². The molecule has 0 bridgehead atoms. The van der Waals surface area contributed by atoms with E-state index in [1.165, 1.54) is 19.3 Å². The van der Waals surface area contributed by atoms with Crippen molar-refractivity contribution >= 4 is 23.6 Å². The Morgan fingerprint density at radius 3 is 2.58 bits per heavy atom. The van der Waals surface area contributed by atoms with Gasteiger partial charge in [-0.05, 0) is 6.42 Å². The van der Waals surface area contributed by atoms with Crippen LogP contribution in [-0.2, 0) is 9.53 Å². The number of rotatable bonds is 7. The molecular weight excluding hydrogens is 172 g/mol. The molecule has 70 valence electrons. The molecule has 0 heterocycles. The second-order valence-electron chi connectivity index (χ2n) is 2.70. The van der Waals surface area contributed by atoms with Crippen LogP contribution in [0.1, 0.15) is 39.0 Å². The quantitative estimate of drug-likeness (QED) is 0.349. The Balaban J connectivity index is 3.00. The fourth-order valence-electron chi connectivity index (χ4n) is 0.912. The minimum Gasteiger partial charge on any atom is -0.462 e. The monoisotopic (exact) mass is 188 g/mol. The van der Waals surface area contributed by atoms with E-state index in [2.05, 4.69) is 19.1 Å². The minimum atomic E-state index is -0.388. The molecule has 0 saturated heterocycles. The molecule has 0 aromatic rings. The molecule has 0 atom stereocenters. The molecule has 0 aromatic carbocycles. The molecule has 0 aliphatic rings. The highest BCUT2D eigenvalue weighted by molar-refractivity contribution is 7.80. The number of thiocarbonyl (C=S) groups is 1. The van der Waals surface area contributed by atoms with Gasteiger partial charge in [0.25, 0.3) is 0 Å². The topological polar surface area (TPSA) is 26.3 Å². The van der Waals surface area contributed by atoms with Gasteiger partial charge in [-0.1, -0.05) is 44.8 Å². The summed E-state index contributed by atoms with van der Waals surface area (Å²) in [5.41, 5.74) is 0. The van der Waals surface area contributed by atoms with E-state index in [4.69, 9.17) is 4.74 Å². The number of hydrogen-bond acceptors (Lipinski definition) is 3. The molecule has 2 nitrogen and oxygen atoms in total. The fraction of sp³-hybridized carbons (Fsp3) is 0.778. The van der Waals surface area contributed by atoms with Gasteiger partial charge >= 0.3 is 5.97 Å². The number of unbranched alkanes of at least 4 members (excludes halogenated alkanes) is 4. The largest absolute Gasteiger partial charge is 0.462 e. The summed E-state index contributed by atoms with van der Waals surface area (Å²) in [5, 5.41) is 1.03. The first-order chi connectivity index (χ1) is 5.81. The first-order valence-electron chi connectivity index (χ1n) is 4.43. The Hall–Kier alpha value is -0.440. The summed E-state index contributed by atoms with van der Waals surface area (Å²) in [7, 11) is 0. The lowest BCUT2D eigenvalue weighted by molar-refractivity contribution is -0.134. The second-order valence-corrected chi connectivity index (χ2v) is 2.94. The summed E-state index contributed by atoms with van der Waals surface area (Å²) < 4.78 is 4.77. The Kier molecular flexibility index (Phi) is 8.34. The van der Waals surface area contributed by atoms with Crippen LogP contribution < -0.4 is 0 Å². The highest BCUT2D eigenvalue weighted by Crippen LogP contribution is 2.01. The van der Waals surface area contributed by atoms with E-state index < -0.39 is 0 Å². The van der Waals surface area contributed by atoms with Crippen molar-refractivity contribution in [1.29, 1.82) is 0 Å². The van der Waals surface area contributed by atoms with Crippen LogP contribution in [0.15, 0.2) is 0 Å². The van der Waals surface area contributed by atoms with E-state index in [0.717, 1.165) is 18.2 Å². The van der Waals surface area contributed by atoms with Crippen molar-refractivity contribution in [3.8, 4) is 0 Å². The van der Waals surface area contributed by atoms with Crippen molar-refractivity contribution in [2.45, 2.75) is 39.0 Å². The second kappa shape index (κ2) is 8.65. The van der Waals surface area contributed by atoms with Gasteiger partial charge in [-0.3, -0.25) is 0 Å². The van der Waals surface area contributed by atoms with Gasteiger partial charge in [-0.2, -0.15) is 0 Å². The van der Waals surface area contributed by atoms with Gasteiger partial charge < -0.3 is 4.74 Å². The molecule has 0 rings (SSSR count). The number of ether oxygens (including phenoxy) is 1. The lowest BCUT2D eigenvalue weighted by Gasteiger charge is -2.00. The van der Waals surface area contributed by atoms with Crippen molar-refractivity contribution in [2.24, 2.45) is 0 Å². The van der Waals surface area contributed by atoms with Crippen LogP contribution in [0, 0.1) is 0 Å². The van der Waals surface area contributed by atoms with E-state index in [1.807, 2.05) is 0 Å². The molecule has 0 unspecified atom stereocenters. The molecule has 0 amide bonds. The zero-order chi connectivity index (χ0) is 9.23. The normalized spacial score (nSPS) is 9.42. The van der Waals surface area contributed by atoms with Crippen molar-refractivity contribution in [1.82, 2.24) is 0 Å². The van der Waals surface area contributed by atoms with E-state index in [-0.39, 0.29) is 5.97 Å². The molecular formula is C9H16O2S. The first-order valence-corrected chi connectivity index (χ1v) is 4.90. The molecule has 3 heteroatoms. The van der Waals surface area contributed by atoms with Crippen molar-refractivity contribution < 1.29 is 9.53 Å².